The molecular formula is C12H16ClN3O2S. The minimum atomic E-state index is -3.70. The maximum absolute atomic E-state index is 12.4. The van der Waals surface area contributed by atoms with Gasteiger partial charge in [0.05, 0.1) is 0 Å². The van der Waals surface area contributed by atoms with Gasteiger partial charge in [-0.15, -0.1) is 0 Å². The molecule has 5 nitrogen and oxygen atoms in total. The van der Waals surface area contributed by atoms with E-state index in [1.165, 1.54) is 4.40 Å². The third-order valence-electron chi connectivity index (χ3n) is 3.04. The minimum absolute atomic E-state index is 0.0164. The lowest BCUT2D eigenvalue weighted by Gasteiger charge is -2.17. The van der Waals surface area contributed by atoms with Gasteiger partial charge in [0.15, 0.2) is 10.2 Å². The van der Waals surface area contributed by atoms with E-state index in [2.05, 4.69) is 9.71 Å². The highest BCUT2D eigenvalue weighted by molar-refractivity contribution is 7.89. The Morgan fingerprint density at radius 2 is 2.00 bits per heavy atom. The van der Waals surface area contributed by atoms with Gasteiger partial charge in [0.1, 0.15) is 5.65 Å². The summed E-state index contributed by atoms with van der Waals surface area (Å²) in [6, 6.07) is 5.03. The van der Waals surface area contributed by atoms with E-state index in [4.69, 9.17) is 11.6 Å². The first-order chi connectivity index (χ1) is 8.83. The summed E-state index contributed by atoms with van der Waals surface area (Å²) in [6.45, 7) is 5.71. The van der Waals surface area contributed by atoms with E-state index in [0.29, 0.717) is 5.65 Å². The summed E-state index contributed by atoms with van der Waals surface area (Å²) < 4.78 is 28.9. The molecule has 2 aromatic rings. The molecule has 0 fully saturated rings. The molecule has 1 unspecified atom stereocenters. The Hall–Kier alpha value is -1.11. The van der Waals surface area contributed by atoms with Crippen molar-refractivity contribution >= 4 is 27.3 Å². The van der Waals surface area contributed by atoms with Gasteiger partial charge in [-0.3, -0.25) is 4.40 Å². The average molecular weight is 302 g/mol. The van der Waals surface area contributed by atoms with Crippen LogP contribution in [0, 0.1) is 5.92 Å². The van der Waals surface area contributed by atoms with Gasteiger partial charge in [-0.2, -0.15) is 0 Å². The van der Waals surface area contributed by atoms with Gasteiger partial charge in [0.2, 0.25) is 0 Å². The van der Waals surface area contributed by atoms with Crippen molar-refractivity contribution in [3.05, 3.63) is 29.5 Å². The Labute approximate surface area is 117 Å². The normalized spacial score (nSPS) is 14.2. The maximum Gasteiger partial charge on any atom is 0.260 e. The standard InChI is InChI=1S/C12H16ClN3O2S/c1-8(2)9(3)15-19(17,18)12-11(13)14-10-6-4-5-7-16(10)12/h4-9,15H,1-3H3. The van der Waals surface area contributed by atoms with Crippen LogP contribution in [0.1, 0.15) is 20.8 Å². The molecule has 2 heterocycles. The lowest BCUT2D eigenvalue weighted by atomic mass is 10.1. The number of rotatable bonds is 4. The van der Waals surface area contributed by atoms with Gasteiger partial charge < -0.3 is 0 Å². The maximum atomic E-state index is 12.4. The molecule has 0 aliphatic carbocycles. The van der Waals surface area contributed by atoms with E-state index in [1.54, 1.807) is 24.4 Å². The van der Waals surface area contributed by atoms with Crippen molar-refractivity contribution in [2.75, 3.05) is 0 Å². The van der Waals surface area contributed by atoms with E-state index in [1.807, 2.05) is 20.8 Å². The Balaban J connectivity index is 2.52. The number of hydrogen-bond donors (Lipinski definition) is 1. The van der Waals surface area contributed by atoms with Gasteiger partial charge in [-0.25, -0.2) is 18.1 Å². The lowest BCUT2D eigenvalue weighted by Crippen LogP contribution is -2.36. The second-order valence-electron chi connectivity index (χ2n) is 4.79. The van der Waals surface area contributed by atoms with Crippen molar-refractivity contribution in [3.8, 4) is 0 Å². The highest BCUT2D eigenvalue weighted by atomic mass is 35.5. The largest absolute Gasteiger partial charge is 0.288 e. The van der Waals surface area contributed by atoms with Crippen molar-refractivity contribution in [1.82, 2.24) is 14.1 Å². The quantitative estimate of drug-likeness (QED) is 0.942. The third-order valence-corrected chi connectivity index (χ3v) is 5.00. The summed E-state index contributed by atoms with van der Waals surface area (Å²) in [5.74, 6) is 0.188. The van der Waals surface area contributed by atoms with E-state index >= 15 is 0 Å². The molecule has 0 saturated carbocycles. The molecule has 2 aromatic heterocycles. The number of imidazole rings is 1. The fraction of sp³-hybridized carbons (Fsp3) is 0.417. The van der Waals surface area contributed by atoms with E-state index in [-0.39, 0.29) is 22.1 Å². The van der Waals surface area contributed by atoms with Gasteiger partial charge >= 0.3 is 0 Å². The van der Waals surface area contributed by atoms with Crippen LogP contribution in [0.25, 0.3) is 5.65 Å². The predicted molar refractivity (Wildman–Crippen MR) is 74.8 cm³/mol. The summed E-state index contributed by atoms with van der Waals surface area (Å²) >= 11 is 5.96. The van der Waals surface area contributed by atoms with Crippen LogP contribution in [-0.4, -0.2) is 23.8 Å². The smallest absolute Gasteiger partial charge is 0.260 e. The molecule has 0 aliphatic heterocycles. The monoisotopic (exact) mass is 301 g/mol. The number of pyridine rings is 1. The van der Waals surface area contributed by atoms with Crippen molar-refractivity contribution in [3.63, 3.8) is 0 Å². The van der Waals surface area contributed by atoms with Crippen LogP contribution in [0.2, 0.25) is 5.15 Å². The van der Waals surface area contributed by atoms with Crippen LogP contribution in [0.15, 0.2) is 29.4 Å². The van der Waals surface area contributed by atoms with Crippen LogP contribution in [0.4, 0.5) is 0 Å². The summed E-state index contributed by atoms with van der Waals surface area (Å²) in [6.07, 6.45) is 1.63. The number of nitrogens with one attached hydrogen (secondary N) is 1. The van der Waals surface area contributed by atoms with Crippen LogP contribution < -0.4 is 4.72 Å². The molecule has 0 aliphatic rings. The fourth-order valence-corrected chi connectivity index (χ4v) is 3.66. The van der Waals surface area contributed by atoms with E-state index in [9.17, 15) is 8.42 Å². The highest BCUT2D eigenvalue weighted by Gasteiger charge is 2.26. The zero-order chi connectivity index (χ0) is 14.2. The number of nitrogens with zero attached hydrogens (tertiary/aromatic N) is 2. The Morgan fingerprint density at radius 3 is 2.63 bits per heavy atom. The predicted octanol–water partition coefficient (Wildman–Crippen LogP) is 2.31. The first-order valence-electron chi connectivity index (χ1n) is 5.98. The summed E-state index contributed by atoms with van der Waals surface area (Å²) in [7, 11) is -3.70. The molecule has 0 saturated heterocycles. The second kappa shape index (κ2) is 5.11. The van der Waals surface area contributed by atoms with Crippen molar-refractivity contribution < 1.29 is 8.42 Å². The van der Waals surface area contributed by atoms with Crippen molar-refractivity contribution in [1.29, 1.82) is 0 Å². The van der Waals surface area contributed by atoms with Crippen LogP contribution in [0.3, 0.4) is 0 Å². The SMILES string of the molecule is CC(C)C(C)NS(=O)(=O)c1c(Cl)nc2ccccn12. The number of aromatic nitrogens is 2. The first kappa shape index (κ1) is 14.3. The van der Waals surface area contributed by atoms with Crippen LogP contribution in [-0.2, 0) is 10.0 Å². The number of fused-ring (bicyclic) bond motifs is 1. The molecule has 0 amide bonds. The molecule has 2 rings (SSSR count). The third kappa shape index (κ3) is 2.75. The molecule has 0 spiro atoms. The van der Waals surface area contributed by atoms with E-state index < -0.39 is 10.0 Å². The number of halogens is 1. The summed E-state index contributed by atoms with van der Waals surface area (Å²) in [5.41, 5.74) is 0.505. The number of sulfonamides is 1. The fourth-order valence-electron chi connectivity index (χ4n) is 1.62. The molecule has 1 N–H and O–H groups in total. The van der Waals surface area contributed by atoms with Gasteiger partial charge in [0, 0.05) is 12.2 Å². The van der Waals surface area contributed by atoms with Gasteiger partial charge in [-0.1, -0.05) is 31.5 Å². The highest BCUT2D eigenvalue weighted by Crippen LogP contribution is 2.23. The molecule has 7 heteroatoms. The number of hydrogen-bond acceptors (Lipinski definition) is 3. The van der Waals surface area contributed by atoms with Crippen LogP contribution >= 0.6 is 11.6 Å². The minimum Gasteiger partial charge on any atom is -0.288 e. The van der Waals surface area contributed by atoms with Gasteiger partial charge in [-0.05, 0) is 25.0 Å². The lowest BCUT2D eigenvalue weighted by molar-refractivity contribution is 0.475. The first-order valence-corrected chi connectivity index (χ1v) is 7.84. The van der Waals surface area contributed by atoms with Crippen LogP contribution in [0.5, 0.6) is 0 Å². The molecule has 0 radical (unpaired) electrons. The molecule has 19 heavy (non-hydrogen) atoms. The topological polar surface area (TPSA) is 63.5 Å². The molecular weight excluding hydrogens is 286 g/mol. The molecule has 1 atom stereocenters. The summed E-state index contributed by atoms with van der Waals surface area (Å²) in [4.78, 5) is 4.04. The molecule has 0 aromatic carbocycles. The molecule has 0 bridgehead atoms. The average Bonchev–Trinajstić information content (AvgIpc) is 2.64. The van der Waals surface area contributed by atoms with Gasteiger partial charge in [0.25, 0.3) is 10.0 Å². The zero-order valence-corrected chi connectivity index (χ0v) is 12.5. The van der Waals surface area contributed by atoms with Crippen molar-refractivity contribution in [2.45, 2.75) is 31.8 Å². The Bertz CT molecular complexity index is 694. The second-order valence-corrected chi connectivity index (χ2v) is 6.78. The Kier molecular flexibility index (Phi) is 3.85. The Morgan fingerprint density at radius 1 is 1.32 bits per heavy atom. The zero-order valence-electron chi connectivity index (χ0n) is 11.0. The summed E-state index contributed by atoms with van der Waals surface area (Å²) in [5, 5.41) is -0.0353. The van der Waals surface area contributed by atoms with Crippen molar-refractivity contribution in [2.24, 2.45) is 5.92 Å². The van der Waals surface area contributed by atoms with E-state index in [0.717, 1.165) is 0 Å². The molecule has 104 valence electrons.